The maximum atomic E-state index is 11.2. The van der Waals surface area contributed by atoms with E-state index in [-0.39, 0.29) is 5.78 Å². The first kappa shape index (κ1) is 52.0. The molecule has 0 radical (unpaired) electrons. The van der Waals surface area contributed by atoms with Crippen LogP contribution in [-0.4, -0.2) is 34.6 Å². The lowest BCUT2D eigenvalue weighted by molar-refractivity contribution is 0.101. The Labute approximate surface area is 444 Å². The number of ketones is 1. The molecule has 2 heterocycles. The molecule has 10 rings (SSSR count). The Morgan fingerprint density at radius 3 is 0.944 bits per heavy atom. The summed E-state index contributed by atoms with van der Waals surface area (Å²) in [5.74, 6) is 0.0984. The number of nitrogens with zero attached hydrogens (tertiary/aromatic N) is 2. The molecule has 72 heavy (non-hydrogen) atoms. The Morgan fingerprint density at radius 1 is 0.319 bits per heavy atom. The average molecular weight is 1130 g/mol. The van der Waals surface area contributed by atoms with Crippen molar-refractivity contribution in [3.05, 3.63) is 272 Å². The third kappa shape index (κ3) is 15.1. The molecule has 0 aliphatic carbocycles. The van der Waals surface area contributed by atoms with Crippen LogP contribution in [0.25, 0.3) is 67.3 Å². The average Bonchev–Trinajstić information content (AvgIpc) is 3.44. The summed E-state index contributed by atoms with van der Waals surface area (Å²) in [6, 6.07) is 76.6. The van der Waals surface area contributed by atoms with Crippen LogP contribution >= 0.6 is 47.8 Å². The molecule has 10 aromatic rings. The van der Waals surface area contributed by atoms with Gasteiger partial charge in [0.25, 0.3) is 0 Å². The van der Waals surface area contributed by atoms with Crippen molar-refractivity contribution in [1.82, 2.24) is 9.97 Å². The van der Waals surface area contributed by atoms with Crippen LogP contribution in [0.4, 0.5) is 0 Å². The fourth-order valence-electron chi connectivity index (χ4n) is 7.32. The second-order valence-electron chi connectivity index (χ2n) is 16.1. The number of hydrogen-bond acceptors (Lipinski definition) is 6. The van der Waals surface area contributed by atoms with Gasteiger partial charge in [-0.3, -0.25) is 19.2 Å². The van der Waals surface area contributed by atoms with E-state index in [1.165, 1.54) is 5.56 Å². The highest BCUT2D eigenvalue weighted by atomic mass is 79.9. The minimum absolute atomic E-state index is 0.0984. The highest BCUT2D eigenvalue weighted by molar-refractivity contribution is 9.11. The van der Waals surface area contributed by atoms with Gasteiger partial charge in [-0.2, -0.15) is 0 Å². The van der Waals surface area contributed by atoms with Gasteiger partial charge in [-0.05, 0) is 102 Å². The van der Waals surface area contributed by atoms with E-state index >= 15 is 0 Å². The number of rotatable bonds is 10. The van der Waals surface area contributed by atoms with Crippen LogP contribution in [0, 0.1) is 0 Å². The zero-order chi connectivity index (χ0) is 50.7. The van der Waals surface area contributed by atoms with E-state index in [0.717, 1.165) is 105 Å². The molecule has 0 atom stereocenters. The van der Waals surface area contributed by atoms with Crippen LogP contribution in [0.15, 0.2) is 250 Å². The molecular weight excluding hydrogens is 1090 g/mol. The molecule has 0 spiro atoms. The zero-order valence-corrected chi connectivity index (χ0v) is 43.7. The second-order valence-corrected chi connectivity index (χ2v) is 18.8. The standard InChI is InChI=1S/C25H17NO2.C23H15Br2N.C8H7BrO.C7H6O/c27-16-18-6-4-10-21(12-18)24-14-23(20-8-2-1-3-9-20)15-25(26-24)22-11-5-7-19(13-22)17-28;24-20-10-4-8-17(12-20)22-14-19(16-6-2-1-3-7-16)15-23(26-22)18-9-5-11-21(25)13-18;1-6(10)7-3-2-4-8(9)5-7;8-6-7-4-2-1-3-5-7/h1-17H;1-15H;2-5H,1H3;1-6H. The number of pyridine rings is 2. The predicted octanol–water partition coefficient (Wildman–Crippen LogP) is 17.5. The third-order valence-corrected chi connectivity index (χ3v) is 12.4. The number of aldehydes is 3. The van der Waals surface area contributed by atoms with Crippen molar-refractivity contribution in [3.8, 4) is 67.3 Å². The van der Waals surface area contributed by atoms with Gasteiger partial charge in [0.15, 0.2) is 5.78 Å². The lowest BCUT2D eigenvalue weighted by atomic mass is 9.99. The van der Waals surface area contributed by atoms with E-state index in [2.05, 4.69) is 108 Å². The Hall–Kier alpha value is -7.82. The third-order valence-electron chi connectivity index (χ3n) is 10.9. The highest BCUT2D eigenvalue weighted by Crippen LogP contribution is 2.33. The lowest BCUT2D eigenvalue weighted by Gasteiger charge is -2.11. The summed E-state index contributed by atoms with van der Waals surface area (Å²) in [6.07, 6.45) is 2.50. The highest BCUT2D eigenvalue weighted by Gasteiger charge is 2.12. The molecule has 2 aromatic heterocycles. The fourth-order valence-corrected chi connectivity index (χ4v) is 8.52. The number of carbonyl (C=O) groups excluding carboxylic acids is 4. The summed E-state index contributed by atoms with van der Waals surface area (Å²) in [4.78, 5) is 52.9. The molecule has 0 aliphatic heterocycles. The van der Waals surface area contributed by atoms with Crippen molar-refractivity contribution < 1.29 is 19.2 Å². The van der Waals surface area contributed by atoms with E-state index < -0.39 is 0 Å². The number of benzene rings is 8. The van der Waals surface area contributed by atoms with Gasteiger partial charge in [0.1, 0.15) is 18.9 Å². The Kier molecular flexibility index (Phi) is 19.1. The molecular formula is C63H45Br3N2O4. The predicted molar refractivity (Wildman–Crippen MR) is 303 cm³/mol. The van der Waals surface area contributed by atoms with Crippen molar-refractivity contribution in [3.63, 3.8) is 0 Å². The van der Waals surface area contributed by atoms with Crippen molar-refractivity contribution in [1.29, 1.82) is 0 Å². The molecule has 0 saturated carbocycles. The van der Waals surface area contributed by atoms with Gasteiger partial charge >= 0.3 is 0 Å². The van der Waals surface area contributed by atoms with Gasteiger partial charge in [0.05, 0.1) is 22.8 Å². The fraction of sp³-hybridized carbons (Fsp3) is 0.0159. The maximum absolute atomic E-state index is 11.2. The lowest BCUT2D eigenvalue weighted by Crippen LogP contribution is -1.93. The Bertz CT molecular complexity index is 3310. The molecule has 0 bridgehead atoms. The zero-order valence-electron chi connectivity index (χ0n) is 38.9. The molecule has 352 valence electrons. The molecule has 0 fully saturated rings. The number of Topliss-reactive ketones (excluding diaryl/α,β-unsaturated/α-hetero) is 1. The minimum atomic E-state index is 0.0984. The van der Waals surface area contributed by atoms with Gasteiger partial charge in [0.2, 0.25) is 0 Å². The summed E-state index contributed by atoms with van der Waals surface area (Å²) in [5.41, 5.74) is 14.5. The number of aromatic nitrogens is 2. The maximum Gasteiger partial charge on any atom is 0.159 e. The molecule has 6 nitrogen and oxygen atoms in total. The van der Waals surface area contributed by atoms with Crippen LogP contribution in [0.5, 0.6) is 0 Å². The van der Waals surface area contributed by atoms with Gasteiger partial charge in [-0.15, -0.1) is 0 Å². The van der Waals surface area contributed by atoms with Gasteiger partial charge in [-0.25, -0.2) is 9.97 Å². The number of carbonyl (C=O) groups is 4. The Morgan fingerprint density at radius 2 is 0.625 bits per heavy atom. The van der Waals surface area contributed by atoms with Crippen molar-refractivity contribution in [2.45, 2.75) is 6.92 Å². The largest absolute Gasteiger partial charge is 0.298 e. The molecule has 0 unspecified atom stereocenters. The molecule has 0 saturated heterocycles. The van der Waals surface area contributed by atoms with Crippen LogP contribution in [-0.2, 0) is 0 Å². The van der Waals surface area contributed by atoms with E-state index in [4.69, 9.17) is 9.97 Å². The van der Waals surface area contributed by atoms with Gasteiger partial charge in [0, 0.05) is 57.9 Å². The van der Waals surface area contributed by atoms with E-state index in [0.29, 0.717) is 11.1 Å². The van der Waals surface area contributed by atoms with Gasteiger partial charge < -0.3 is 0 Å². The van der Waals surface area contributed by atoms with Crippen LogP contribution < -0.4 is 0 Å². The van der Waals surface area contributed by atoms with Crippen LogP contribution in [0.2, 0.25) is 0 Å². The van der Waals surface area contributed by atoms with E-state index in [1.807, 2.05) is 146 Å². The van der Waals surface area contributed by atoms with Crippen LogP contribution in [0.1, 0.15) is 48.4 Å². The SMILES string of the molecule is Brc1cccc(-c2cc(-c3ccccc3)cc(-c3cccc(Br)c3)n2)c1.CC(=O)c1cccc(Br)c1.O=Cc1cccc(-c2cc(-c3ccccc3)cc(-c3cccc(C=O)c3)n2)c1.O=Cc1ccccc1. The summed E-state index contributed by atoms with van der Waals surface area (Å²) in [7, 11) is 0. The smallest absolute Gasteiger partial charge is 0.159 e. The van der Waals surface area contributed by atoms with Crippen LogP contribution in [0.3, 0.4) is 0 Å². The number of hydrogen-bond donors (Lipinski definition) is 0. The molecule has 0 aliphatic rings. The summed E-state index contributed by atoms with van der Waals surface area (Å²) >= 11 is 10.4. The molecule has 0 N–H and O–H groups in total. The van der Waals surface area contributed by atoms with Crippen molar-refractivity contribution >= 4 is 72.4 Å². The quantitative estimate of drug-likeness (QED) is 0.100. The monoisotopic (exact) mass is 1130 g/mol. The number of halogens is 3. The minimum Gasteiger partial charge on any atom is -0.298 e. The second kappa shape index (κ2) is 26.4. The molecule has 0 amide bonds. The van der Waals surface area contributed by atoms with E-state index in [1.54, 1.807) is 37.3 Å². The molecule has 9 heteroatoms. The normalized spacial score (nSPS) is 10.2. The molecule has 8 aromatic carbocycles. The van der Waals surface area contributed by atoms with Crippen molar-refractivity contribution in [2.24, 2.45) is 0 Å². The topological polar surface area (TPSA) is 94.1 Å². The first-order chi connectivity index (χ1) is 35.1. The Balaban J connectivity index is 0.000000158. The summed E-state index contributed by atoms with van der Waals surface area (Å²) in [5, 5.41) is 0. The van der Waals surface area contributed by atoms with Gasteiger partial charge in [-0.1, -0.05) is 212 Å². The summed E-state index contributed by atoms with van der Waals surface area (Å²) < 4.78 is 3.04. The van der Waals surface area contributed by atoms with E-state index in [9.17, 15) is 19.2 Å². The first-order valence-corrected chi connectivity index (χ1v) is 25.0. The first-order valence-electron chi connectivity index (χ1n) is 22.6. The van der Waals surface area contributed by atoms with Crippen molar-refractivity contribution in [2.75, 3.05) is 0 Å². The summed E-state index contributed by atoms with van der Waals surface area (Å²) in [6.45, 7) is 1.56.